The molecule has 3 N–H and O–H groups in total. The van der Waals surface area contributed by atoms with Gasteiger partial charge in [-0.25, -0.2) is 0 Å². The first-order valence-corrected chi connectivity index (χ1v) is 6.34. The molecule has 1 aliphatic rings. The van der Waals surface area contributed by atoms with Crippen LogP contribution in [0.3, 0.4) is 0 Å². The van der Waals surface area contributed by atoms with Crippen LogP contribution >= 0.6 is 0 Å². The lowest BCUT2D eigenvalue weighted by atomic mass is 10.0. The van der Waals surface area contributed by atoms with E-state index in [0.717, 1.165) is 0 Å². The second kappa shape index (κ2) is 6.81. The largest absolute Gasteiger partial charge is 0.394 e. The Kier molecular flexibility index (Phi) is 6.55. The highest BCUT2D eigenvalue weighted by molar-refractivity contribution is 7.79. The van der Waals surface area contributed by atoms with E-state index in [4.69, 9.17) is 17.5 Å². The van der Waals surface area contributed by atoms with Gasteiger partial charge >= 0.3 is 10.4 Å². The van der Waals surface area contributed by atoms with Gasteiger partial charge in [-0.1, -0.05) is 6.08 Å². The lowest BCUT2D eigenvalue weighted by Crippen LogP contribution is -2.22. The first-order valence-electron chi connectivity index (χ1n) is 4.94. The van der Waals surface area contributed by atoms with E-state index < -0.39 is 10.4 Å². The minimum absolute atomic E-state index is 0.601. The van der Waals surface area contributed by atoms with Crippen LogP contribution in [0.4, 0.5) is 0 Å². The molecule has 0 aromatic heterocycles. The third-order valence-electron chi connectivity index (χ3n) is 1.77. The van der Waals surface area contributed by atoms with Gasteiger partial charge in [0.05, 0.1) is 0 Å². The van der Waals surface area contributed by atoms with Crippen LogP contribution in [0.15, 0.2) is 11.8 Å². The van der Waals surface area contributed by atoms with Crippen molar-refractivity contribution in [2.75, 3.05) is 0 Å². The minimum Gasteiger partial charge on any atom is -0.386 e. The molecule has 5 nitrogen and oxygen atoms in total. The Morgan fingerprint density at radius 2 is 1.87 bits per heavy atom. The number of hydrogen-bond donors (Lipinski definition) is 3. The molecule has 0 aliphatic heterocycles. The van der Waals surface area contributed by atoms with Crippen LogP contribution in [-0.2, 0) is 10.4 Å². The lowest BCUT2D eigenvalue weighted by Gasteiger charge is -2.17. The SMILES string of the molecule is CC(C)NC1=CCCCC1.O=S(=O)(O)O. The zero-order valence-corrected chi connectivity index (χ0v) is 9.92. The molecule has 0 amide bonds. The molecule has 0 heterocycles. The van der Waals surface area contributed by atoms with E-state index in [1.165, 1.54) is 31.4 Å². The highest BCUT2D eigenvalue weighted by Gasteiger charge is 2.02. The van der Waals surface area contributed by atoms with E-state index in [9.17, 15) is 0 Å². The van der Waals surface area contributed by atoms with Crippen LogP contribution < -0.4 is 5.32 Å². The number of hydrogen-bond acceptors (Lipinski definition) is 3. The maximum Gasteiger partial charge on any atom is 0.394 e. The molecule has 0 fully saturated rings. The van der Waals surface area contributed by atoms with Crippen molar-refractivity contribution in [1.82, 2.24) is 5.32 Å². The maximum absolute atomic E-state index is 8.74. The molecule has 6 heteroatoms. The summed E-state index contributed by atoms with van der Waals surface area (Å²) in [5, 5.41) is 3.44. The summed E-state index contributed by atoms with van der Waals surface area (Å²) in [6.07, 6.45) is 7.62. The first kappa shape index (κ1) is 14.4. The summed E-state index contributed by atoms with van der Waals surface area (Å²) in [4.78, 5) is 0. The molecule has 0 spiro atoms. The summed E-state index contributed by atoms with van der Waals surface area (Å²) in [5.74, 6) is 0. The normalized spacial score (nSPS) is 16.5. The average Bonchev–Trinajstić information content (AvgIpc) is 2.01. The standard InChI is InChI=1S/C9H17N.H2O4S/c1-8(2)10-9-6-4-3-5-7-9;1-5(2,3)4/h6,8,10H,3-5,7H2,1-2H3;(H2,1,2,3,4). The molecule has 0 aromatic carbocycles. The van der Waals surface area contributed by atoms with Crippen LogP contribution in [0.1, 0.15) is 39.5 Å². The van der Waals surface area contributed by atoms with Crippen LogP contribution in [0.5, 0.6) is 0 Å². The van der Waals surface area contributed by atoms with Crippen molar-refractivity contribution in [3.05, 3.63) is 11.8 Å². The minimum atomic E-state index is -4.67. The van der Waals surface area contributed by atoms with E-state index in [2.05, 4.69) is 25.2 Å². The Bertz CT molecular complexity index is 287. The van der Waals surface area contributed by atoms with Gasteiger partial charge in [-0.2, -0.15) is 8.42 Å². The third kappa shape index (κ3) is 13.4. The molecular weight excluding hydrogens is 218 g/mol. The number of nitrogens with one attached hydrogen (secondary N) is 1. The molecule has 90 valence electrons. The predicted octanol–water partition coefficient (Wildman–Crippen LogP) is 1.79. The average molecular weight is 237 g/mol. The van der Waals surface area contributed by atoms with Gasteiger partial charge in [-0.3, -0.25) is 9.11 Å². The summed E-state index contributed by atoms with van der Waals surface area (Å²) >= 11 is 0. The predicted molar refractivity (Wildman–Crippen MR) is 59.0 cm³/mol. The molecule has 15 heavy (non-hydrogen) atoms. The Labute approximate surface area is 91.2 Å². The van der Waals surface area contributed by atoms with E-state index >= 15 is 0 Å². The molecular formula is C9H19NO4S. The van der Waals surface area contributed by atoms with Crippen LogP contribution in [0.2, 0.25) is 0 Å². The fraction of sp³-hybridized carbons (Fsp3) is 0.778. The third-order valence-corrected chi connectivity index (χ3v) is 1.77. The van der Waals surface area contributed by atoms with E-state index in [0.29, 0.717) is 6.04 Å². The van der Waals surface area contributed by atoms with E-state index in [-0.39, 0.29) is 0 Å². The van der Waals surface area contributed by atoms with Gasteiger partial charge in [0.15, 0.2) is 0 Å². The summed E-state index contributed by atoms with van der Waals surface area (Å²) in [5.41, 5.74) is 1.46. The van der Waals surface area contributed by atoms with E-state index in [1.807, 2.05) is 0 Å². The number of allylic oxidation sites excluding steroid dienone is 2. The van der Waals surface area contributed by atoms with Crippen LogP contribution in [0, 0.1) is 0 Å². The fourth-order valence-corrected chi connectivity index (χ4v) is 1.34. The van der Waals surface area contributed by atoms with Crippen LogP contribution in [-0.4, -0.2) is 23.6 Å². The quantitative estimate of drug-likeness (QED) is 0.637. The first-order chi connectivity index (χ1) is 6.79. The van der Waals surface area contributed by atoms with E-state index in [1.54, 1.807) is 0 Å². The van der Waals surface area contributed by atoms with Crippen molar-refractivity contribution in [2.45, 2.75) is 45.6 Å². The molecule has 0 saturated carbocycles. The van der Waals surface area contributed by atoms with Crippen molar-refractivity contribution >= 4 is 10.4 Å². The molecule has 0 radical (unpaired) electrons. The molecule has 0 atom stereocenters. The maximum atomic E-state index is 8.74. The second-order valence-corrected chi connectivity index (χ2v) is 4.62. The summed E-state index contributed by atoms with van der Waals surface area (Å²) in [6, 6.07) is 0.601. The van der Waals surface area contributed by atoms with Gasteiger partial charge in [-0.15, -0.1) is 0 Å². The van der Waals surface area contributed by atoms with Crippen molar-refractivity contribution in [3.63, 3.8) is 0 Å². The molecule has 0 bridgehead atoms. The van der Waals surface area contributed by atoms with Gasteiger partial charge < -0.3 is 5.32 Å². The highest BCUT2D eigenvalue weighted by Crippen LogP contribution is 2.14. The van der Waals surface area contributed by atoms with Gasteiger partial charge in [0.2, 0.25) is 0 Å². The molecule has 1 rings (SSSR count). The highest BCUT2D eigenvalue weighted by atomic mass is 32.3. The molecule has 1 aliphatic carbocycles. The van der Waals surface area contributed by atoms with Crippen molar-refractivity contribution in [3.8, 4) is 0 Å². The summed E-state index contributed by atoms with van der Waals surface area (Å²) in [7, 11) is -4.67. The van der Waals surface area contributed by atoms with Crippen molar-refractivity contribution < 1.29 is 17.5 Å². The second-order valence-electron chi connectivity index (χ2n) is 3.72. The smallest absolute Gasteiger partial charge is 0.386 e. The molecule has 0 saturated heterocycles. The molecule has 0 aromatic rings. The van der Waals surface area contributed by atoms with Gasteiger partial charge in [0.1, 0.15) is 0 Å². The van der Waals surface area contributed by atoms with Gasteiger partial charge in [-0.05, 0) is 39.5 Å². The van der Waals surface area contributed by atoms with Gasteiger partial charge in [0.25, 0.3) is 0 Å². The summed E-state index contributed by atoms with van der Waals surface area (Å²) < 4.78 is 31.6. The van der Waals surface area contributed by atoms with Crippen molar-refractivity contribution in [2.24, 2.45) is 0 Å². The zero-order valence-electron chi connectivity index (χ0n) is 9.10. The van der Waals surface area contributed by atoms with Crippen molar-refractivity contribution in [1.29, 1.82) is 0 Å². The van der Waals surface area contributed by atoms with Gasteiger partial charge in [0, 0.05) is 11.7 Å². The number of rotatable bonds is 2. The monoisotopic (exact) mass is 237 g/mol. The Hall–Kier alpha value is -0.590. The zero-order chi connectivity index (χ0) is 11.9. The Balaban J connectivity index is 0.000000336. The topological polar surface area (TPSA) is 86.6 Å². The fourth-order valence-electron chi connectivity index (χ4n) is 1.34. The Morgan fingerprint density at radius 1 is 1.33 bits per heavy atom. The summed E-state index contributed by atoms with van der Waals surface area (Å²) in [6.45, 7) is 4.38. The van der Waals surface area contributed by atoms with Crippen LogP contribution in [0.25, 0.3) is 0 Å². The lowest BCUT2D eigenvalue weighted by molar-refractivity contribution is 0.381. The molecule has 0 unspecified atom stereocenters. The Morgan fingerprint density at radius 3 is 2.20 bits per heavy atom.